The van der Waals surface area contributed by atoms with E-state index in [1.807, 2.05) is 0 Å². The van der Waals surface area contributed by atoms with Gasteiger partial charge in [-0.3, -0.25) is 0 Å². The molecule has 6 heteroatoms. The number of carbonyl (C=O) groups is 1. The van der Waals surface area contributed by atoms with Gasteiger partial charge in [-0.05, 0) is 28.1 Å². The van der Waals surface area contributed by atoms with Crippen molar-refractivity contribution >= 4 is 27.6 Å². The van der Waals surface area contributed by atoms with E-state index in [4.69, 9.17) is 5.11 Å². The van der Waals surface area contributed by atoms with E-state index in [9.17, 15) is 4.79 Å². The number of hydrogen-bond donors (Lipinski definition) is 2. The number of halogens is 1. The Hall–Kier alpha value is -1.40. The van der Waals surface area contributed by atoms with Gasteiger partial charge >= 0.3 is 6.03 Å². The van der Waals surface area contributed by atoms with Crippen LogP contribution in [0.3, 0.4) is 0 Å². The first-order valence-corrected chi connectivity index (χ1v) is 5.86. The van der Waals surface area contributed by atoms with Crippen LogP contribution in [0.1, 0.15) is 0 Å². The minimum atomic E-state index is -0.289. The van der Waals surface area contributed by atoms with E-state index in [0.717, 1.165) is 0 Å². The summed E-state index contributed by atoms with van der Waals surface area (Å²) in [6.07, 6.45) is 3.15. The number of aliphatic hydroxyl groups excluding tert-OH is 1. The van der Waals surface area contributed by atoms with Gasteiger partial charge < -0.3 is 15.3 Å². The van der Waals surface area contributed by atoms with Crippen molar-refractivity contribution in [2.24, 2.45) is 0 Å². The fraction of sp³-hybridized carbons (Fsp3) is 0.273. The van der Waals surface area contributed by atoms with Crippen LogP contribution in [0.25, 0.3) is 0 Å². The van der Waals surface area contributed by atoms with Gasteiger partial charge in [0.15, 0.2) is 0 Å². The SMILES string of the molecule is C=CCN(CCO)C(=O)Nc1ccc(Br)nc1. The van der Waals surface area contributed by atoms with Crippen LogP contribution in [0.5, 0.6) is 0 Å². The highest BCUT2D eigenvalue weighted by atomic mass is 79.9. The standard InChI is InChI=1S/C11H14BrN3O2/c1-2-5-15(6-7-16)11(17)14-9-3-4-10(12)13-8-9/h2-4,8,16H,1,5-7H2,(H,14,17). The highest BCUT2D eigenvalue weighted by molar-refractivity contribution is 9.10. The van der Waals surface area contributed by atoms with Gasteiger partial charge in [0.05, 0.1) is 18.5 Å². The molecule has 0 radical (unpaired) electrons. The topological polar surface area (TPSA) is 65.5 Å². The first-order chi connectivity index (χ1) is 8.17. The smallest absolute Gasteiger partial charge is 0.322 e. The number of nitrogens with zero attached hydrogens (tertiary/aromatic N) is 2. The van der Waals surface area contributed by atoms with Crippen LogP contribution in [0.2, 0.25) is 0 Å². The lowest BCUT2D eigenvalue weighted by Gasteiger charge is -2.20. The van der Waals surface area contributed by atoms with Gasteiger partial charge in [-0.2, -0.15) is 0 Å². The molecule has 2 amide bonds. The Balaban J connectivity index is 2.62. The predicted molar refractivity (Wildman–Crippen MR) is 69.8 cm³/mol. The zero-order chi connectivity index (χ0) is 12.7. The van der Waals surface area contributed by atoms with Gasteiger partial charge in [0, 0.05) is 13.1 Å². The third-order valence-corrected chi connectivity index (χ3v) is 2.45. The Bertz CT molecular complexity index is 381. The first-order valence-electron chi connectivity index (χ1n) is 5.06. The molecule has 92 valence electrons. The van der Waals surface area contributed by atoms with Crippen LogP contribution in [0.4, 0.5) is 10.5 Å². The summed E-state index contributed by atoms with van der Waals surface area (Å²) in [5.74, 6) is 0. The zero-order valence-electron chi connectivity index (χ0n) is 9.27. The fourth-order valence-electron chi connectivity index (χ4n) is 1.20. The molecule has 5 nitrogen and oxygen atoms in total. The number of rotatable bonds is 5. The number of amides is 2. The zero-order valence-corrected chi connectivity index (χ0v) is 10.9. The normalized spacial score (nSPS) is 9.76. The van der Waals surface area contributed by atoms with Crippen molar-refractivity contribution in [2.45, 2.75) is 0 Å². The van der Waals surface area contributed by atoms with E-state index in [1.165, 1.54) is 4.90 Å². The van der Waals surface area contributed by atoms with E-state index >= 15 is 0 Å². The third-order valence-electron chi connectivity index (χ3n) is 1.99. The van der Waals surface area contributed by atoms with Gasteiger partial charge in [0.1, 0.15) is 4.60 Å². The van der Waals surface area contributed by atoms with Gasteiger partial charge in [0.25, 0.3) is 0 Å². The summed E-state index contributed by atoms with van der Waals surface area (Å²) in [5, 5.41) is 11.5. The van der Waals surface area contributed by atoms with Gasteiger partial charge in [-0.15, -0.1) is 6.58 Å². The van der Waals surface area contributed by atoms with Gasteiger partial charge in [0.2, 0.25) is 0 Å². The Kier molecular flexibility index (Phi) is 5.65. The number of anilines is 1. The van der Waals surface area contributed by atoms with Crippen molar-refractivity contribution in [3.05, 3.63) is 35.6 Å². The third kappa shape index (κ3) is 4.54. The molecule has 1 heterocycles. The molecular weight excluding hydrogens is 286 g/mol. The molecule has 0 atom stereocenters. The molecule has 1 aromatic rings. The van der Waals surface area contributed by atoms with Gasteiger partial charge in [-0.25, -0.2) is 9.78 Å². The van der Waals surface area contributed by atoms with Crippen molar-refractivity contribution in [3.63, 3.8) is 0 Å². The summed E-state index contributed by atoms with van der Waals surface area (Å²) >= 11 is 3.21. The largest absolute Gasteiger partial charge is 0.395 e. The van der Waals surface area contributed by atoms with Crippen LogP contribution >= 0.6 is 15.9 Å². The maximum absolute atomic E-state index is 11.8. The number of hydrogen-bond acceptors (Lipinski definition) is 3. The van der Waals surface area contributed by atoms with E-state index in [0.29, 0.717) is 16.8 Å². The van der Waals surface area contributed by atoms with E-state index in [2.05, 4.69) is 32.8 Å². The first kappa shape index (κ1) is 13.7. The summed E-state index contributed by atoms with van der Waals surface area (Å²) in [5.41, 5.74) is 0.602. The van der Waals surface area contributed by atoms with Crippen LogP contribution in [-0.4, -0.2) is 40.7 Å². The molecule has 1 aromatic heterocycles. The molecule has 0 fully saturated rings. The molecule has 0 bridgehead atoms. The molecule has 0 spiro atoms. The number of urea groups is 1. The van der Waals surface area contributed by atoms with Crippen molar-refractivity contribution in [1.29, 1.82) is 0 Å². The highest BCUT2D eigenvalue weighted by Crippen LogP contribution is 2.11. The molecule has 0 aliphatic heterocycles. The minimum Gasteiger partial charge on any atom is -0.395 e. The number of aliphatic hydroxyl groups is 1. The van der Waals surface area contributed by atoms with Crippen molar-refractivity contribution in [1.82, 2.24) is 9.88 Å². The number of pyridine rings is 1. The lowest BCUT2D eigenvalue weighted by molar-refractivity contribution is 0.195. The Morgan fingerprint density at radius 1 is 1.65 bits per heavy atom. The molecule has 0 saturated heterocycles. The second-order valence-corrected chi connectivity index (χ2v) is 4.07. The molecule has 0 unspecified atom stereocenters. The summed E-state index contributed by atoms with van der Waals surface area (Å²) in [7, 11) is 0. The molecule has 17 heavy (non-hydrogen) atoms. The van der Waals surface area contributed by atoms with Crippen LogP contribution in [0.15, 0.2) is 35.6 Å². The quantitative estimate of drug-likeness (QED) is 0.644. The van der Waals surface area contributed by atoms with Crippen LogP contribution < -0.4 is 5.32 Å². The molecule has 0 aliphatic carbocycles. The maximum Gasteiger partial charge on any atom is 0.322 e. The average molecular weight is 300 g/mol. The van der Waals surface area contributed by atoms with E-state index < -0.39 is 0 Å². The Morgan fingerprint density at radius 2 is 2.41 bits per heavy atom. The number of nitrogens with one attached hydrogen (secondary N) is 1. The number of carbonyl (C=O) groups excluding carboxylic acids is 1. The highest BCUT2D eigenvalue weighted by Gasteiger charge is 2.11. The molecule has 0 aromatic carbocycles. The van der Waals surface area contributed by atoms with Gasteiger partial charge in [-0.1, -0.05) is 6.08 Å². The molecular formula is C11H14BrN3O2. The predicted octanol–water partition coefficient (Wildman–Crippen LogP) is 1.86. The second kappa shape index (κ2) is 7.03. The molecule has 1 rings (SSSR count). The maximum atomic E-state index is 11.8. The Morgan fingerprint density at radius 3 is 2.94 bits per heavy atom. The van der Waals surface area contributed by atoms with E-state index in [1.54, 1.807) is 24.4 Å². The molecule has 2 N–H and O–H groups in total. The lowest BCUT2D eigenvalue weighted by Crippen LogP contribution is -2.37. The Labute approximate surface area is 108 Å². The average Bonchev–Trinajstić information content (AvgIpc) is 2.32. The van der Waals surface area contributed by atoms with Crippen molar-refractivity contribution < 1.29 is 9.90 Å². The van der Waals surface area contributed by atoms with E-state index in [-0.39, 0.29) is 19.2 Å². The second-order valence-electron chi connectivity index (χ2n) is 3.26. The summed E-state index contributed by atoms with van der Waals surface area (Å²) in [4.78, 5) is 17.2. The van der Waals surface area contributed by atoms with Crippen molar-refractivity contribution in [3.8, 4) is 0 Å². The van der Waals surface area contributed by atoms with Crippen LogP contribution in [0, 0.1) is 0 Å². The lowest BCUT2D eigenvalue weighted by atomic mass is 10.4. The van der Waals surface area contributed by atoms with Crippen molar-refractivity contribution in [2.75, 3.05) is 25.0 Å². The molecule has 0 saturated carbocycles. The summed E-state index contributed by atoms with van der Waals surface area (Å²) < 4.78 is 0.703. The number of aromatic nitrogens is 1. The summed E-state index contributed by atoms with van der Waals surface area (Å²) in [6, 6.07) is 3.18. The molecule has 0 aliphatic rings. The monoisotopic (exact) mass is 299 g/mol. The fourth-order valence-corrected chi connectivity index (χ4v) is 1.44. The van der Waals surface area contributed by atoms with Crippen LogP contribution in [-0.2, 0) is 0 Å². The summed E-state index contributed by atoms with van der Waals surface area (Å²) in [6.45, 7) is 4.13. The minimum absolute atomic E-state index is 0.0835.